The highest BCUT2D eigenvalue weighted by atomic mass is 16.3. The van der Waals surface area contributed by atoms with Crippen LogP contribution in [-0.2, 0) is 0 Å². The molecule has 0 unspecified atom stereocenters. The van der Waals surface area contributed by atoms with E-state index in [0.29, 0.717) is 0 Å². The van der Waals surface area contributed by atoms with Crippen molar-refractivity contribution in [3.05, 3.63) is 42.2 Å². The topological polar surface area (TPSA) is 59.1 Å². The van der Waals surface area contributed by atoms with Crippen molar-refractivity contribution < 1.29 is 5.11 Å². The maximum atomic E-state index is 8.92. The highest BCUT2D eigenvalue weighted by Crippen LogP contribution is 2.17. The molecule has 72 valence electrons. The predicted octanol–water partition coefficient (Wildman–Crippen LogP) is 1.23. The van der Waals surface area contributed by atoms with Crippen LogP contribution in [0.4, 0.5) is 0 Å². The van der Waals surface area contributed by atoms with Gasteiger partial charge < -0.3 is 10.8 Å². The Labute approximate surface area is 82.2 Å². The lowest BCUT2D eigenvalue weighted by atomic mass is 10.0. The lowest BCUT2D eigenvalue weighted by Crippen LogP contribution is -2.14. The molecule has 0 fully saturated rings. The van der Waals surface area contributed by atoms with Gasteiger partial charge in [-0.3, -0.25) is 4.98 Å². The van der Waals surface area contributed by atoms with Gasteiger partial charge in [0, 0.05) is 17.8 Å². The van der Waals surface area contributed by atoms with Crippen molar-refractivity contribution in [1.29, 1.82) is 0 Å². The fraction of sp³-hybridized carbons (Fsp3) is 0.182. The van der Waals surface area contributed by atoms with E-state index in [0.717, 1.165) is 16.3 Å². The number of rotatable bonds is 2. The van der Waals surface area contributed by atoms with E-state index in [1.165, 1.54) is 0 Å². The Morgan fingerprint density at radius 1 is 1.29 bits per heavy atom. The van der Waals surface area contributed by atoms with E-state index < -0.39 is 0 Å². The third-order valence-corrected chi connectivity index (χ3v) is 2.29. The SMILES string of the molecule is N[C@H](CO)c1ccc2cnccc2c1. The fourth-order valence-electron chi connectivity index (χ4n) is 1.44. The second-order valence-electron chi connectivity index (χ2n) is 3.27. The lowest BCUT2D eigenvalue weighted by Gasteiger charge is -2.08. The van der Waals surface area contributed by atoms with E-state index in [2.05, 4.69) is 4.98 Å². The minimum Gasteiger partial charge on any atom is -0.394 e. The molecule has 2 aromatic rings. The highest BCUT2D eigenvalue weighted by Gasteiger charge is 2.04. The number of nitrogens with zero attached hydrogens (tertiary/aromatic N) is 1. The third-order valence-electron chi connectivity index (χ3n) is 2.29. The van der Waals surface area contributed by atoms with Gasteiger partial charge in [-0.25, -0.2) is 0 Å². The monoisotopic (exact) mass is 188 g/mol. The lowest BCUT2D eigenvalue weighted by molar-refractivity contribution is 0.268. The second kappa shape index (κ2) is 3.74. The Bertz CT molecular complexity index is 442. The van der Waals surface area contributed by atoms with Crippen LogP contribution in [-0.4, -0.2) is 16.7 Å². The third kappa shape index (κ3) is 1.60. The molecule has 1 atom stereocenters. The summed E-state index contributed by atoms with van der Waals surface area (Å²) < 4.78 is 0. The van der Waals surface area contributed by atoms with Crippen LogP contribution >= 0.6 is 0 Å². The molecule has 2 rings (SSSR count). The molecule has 0 bridgehead atoms. The maximum Gasteiger partial charge on any atom is 0.0624 e. The van der Waals surface area contributed by atoms with Crippen molar-refractivity contribution in [2.75, 3.05) is 6.61 Å². The first-order chi connectivity index (χ1) is 6.81. The van der Waals surface area contributed by atoms with Gasteiger partial charge in [0.2, 0.25) is 0 Å². The minimum atomic E-state index is -0.299. The number of fused-ring (bicyclic) bond motifs is 1. The normalized spacial score (nSPS) is 13.0. The average molecular weight is 188 g/mol. The van der Waals surface area contributed by atoms with Crippen molar-refractivity contribution in [3.63, 3.8) is 0 Å². The number of aromatic nitrogens is 1. The quantitative estimate of drug-likeness (QED) is 0.745. The molecule has 0 radical (unpaired) electrons. The second-order valence-corrected chi connectivity index (χ2v) is 3.27. The standard InChI is InChI=1S/C11H12N2O/c12-11(7-14)9-1-2-10-6-13-4-3-8(10)5-9/h1-6,11,14H,7,12H2/t11-/m1/s1. The van der Waals surface area contributed by atoms with Crippen LogP contribution in [0.1, 0.15) is 11.6 Å². The Kier molecular flexibility index (Phi) is 2.43. The number of pyridine rings is 1. The maximum absolute atomic E-state index is 8.92. The van der Waals surface area contributed by atoms with Crippen LogP contribution < -0.4 is 5.73 Å². The largest absolute Gasteiger partial charge is 0.394 e. The van der Waals surface area contributed by atoms with Crippen molar-refractivity contribution in [3.8, 4) is 0 Å². The number of hydrogen-bond acceptors (Lipinski definition) is 3. The van der Waals surface area contributed by atoms with Gasteiger partial charge in [0.15, 0.2) is 0 Å². The summed E-state index contributed by atoms with van der Waals surface area (Å²) >= 11 is 0. The number of hydrogen-bond donors (Lipinski definition) is 2. The molecule has 0 saturated heterocycles. The number of aliphatic hydroxyl groups is 1. The summed E-state index contributed by atoms with van der Waals surface area (Å²) in [6.07, 6.45) is 3.56. The number of aliphatic hydroxyl groups excluding tert-OH is 1. The van der Waals surface area contributed by atoms with Gasteiger partial charge in [-0.15, -0.1) is 0 Å². The molecular formula is C11H12N2O. The van der Waals surface area contributed by atoms with Gasteiger partial charge >= 0.3 is 0 Å². The Morgan fingerprint density at radius 2 is 2.14 bits per heavy atom. The molecule has 3 heteroatoms. The van der Waals surface area contributed by atoms with Crippen molar-refractivity contribution in [2.45, 2.75) is 6.04 Å². The molecule has 0 aliphatic carbocycles. The summed E-state index contributed by atoms with van der Waals surface area (Å²) in [7, 11) is 0. The Hall–Kier alpha value is -1.45. The van der Waals surface area contributed by atoms with E-state index in [4.69, 9.17) is 10.8 Å². The smallest absolute Gasteiger partial charge is 0.0624 e. The van der Waals surface area contributed by atoms with Gasteiger partial charge in [0.1, 0.15) is 0 Å². The zero-order chi connectivity index (χ0) is 9.97. The molecular weight excluding hydrogens is 176 g/mol. The first-order valence-corrected chi connectivity index (χ1v) is 4.51. The van der Waals surface area contributed by atoms with Gasteiger partial charge in [0.05, 0.1) is 12.6 Å². The Morgan fingerprint density at radius 3 is 2.93 bits per heavy atom. The number of nitrogens with two attached hydrogens (primary N) is 1. The fourth-order valence-corrected chi connectivity index (χ4v) is 1.44. The number of benzene rings is 1. The Balaban J connectivity index is 2.51. The van der Waals surface area contributed by atoms with Crippen LogP contribution in [0.3, 0.4) is 0 Å². The van der Waals surface area contributed by atoms with E-state index in [1.54, 1.807) is 6.20 Å². The summed E-state index contributed by atoms with van der Waals surface area (Å²) in [4.78, 5) is 4.03. The predicted molar refractivity (Wildman–Crippen MR) is 55.8 cm³/mol. The molecule has 0 aliphatic heterocycles. The molecule has 1 aromatic carbocycles. The summed E-state index contributed by atoms with van der Waals surface area (Å²) in [5.74, 6) is 0. The van der Waals surface area contributed by atoms with Gasteiger partial charge in [-0.1, -0.05) is 12.1 Å². The van der Waals surface area contributed by atoms with Crippen LogP contribution in [0.25, 0.3) is 10.8 Å². The van der Waals surface area contributed by atoms with Crippen LogP contribution in [0.2, 0.25) is 0 Å². The zero-order valence-corrected chi connectivity index (χ0v) is 7.72. The molecule has 1 heterocycles. The minimum absolute atomic E-state index is 0.0312. The van der Waals surface area contributed by atoms with Crippen molar-refractivity contribution >= 4 is 10.8 Å². The van der Waals surface area contributed by atoms with E-state index in [9.17, 15) is 0 Å². The molecule has 0 amide bonds. The summed E-state index contributed by atoms with van der Waals surface area (Å²) in [6.45, 7) is -0.0312. The molecule has 0 spiro atoms. The molecule has 0 aliphatic rings. The van der Waals surface area contributed by atoms with E-state index >= 15 is 0 Å². The summed E-state index contributed by atoms with van der Waals surface area (Å²) in [5.41, 5.74) is 6.67. The molecule has 3 nitrogen and oxygen atoms in total. The van der Waals surface area contributed by atoms with Gasteiger partial charge in [-0.2, -0.15) is 0 Å². The van der Waals surface area contributed by atoms with Crippen molar-refractivity contribution in [1.82, 2.24) is 4.98 Å². The van der Waals surface area contributed by atoms with E-state index in [1.807, 2.05) is 30.5 Å². The average Bonchev–Trinajstić information content (AvgIpc) is 2.27. The van der Waals surface area contributed by atoms with Crippen molar-refractivity contribution in [2.24, 2.45) is 5.73 Å². The highest BCUT2D eigenvalue weighted by molar-refractivity contribution is 5.82. The molecule has 14 heavy (non-hydrogen) atoms. The van der Waals surface area contributed by atoms with Gasteiger partial charge in [0.25, 0.3) is 0 Å². The zero-order valence-electron chi connectivity index (χ0n) is 7.72. The summed E-state index contributed by atoms with van der Waals surface area (Å²) in [5, 5.41) is 11.1. The molecule has 0 saturated carbocycles. The van der Waals surface area contributed by atoms with E-state index in [-0.39, 0.29) is 12.6 Å². The van der Waals surface area contributed by atoms with Crippen LogP contribution in [0.5, 0.6) is 0 Å². The molecule has 3 N–H and O–H groups in total. The summed E-state index contributed by atoms with van der Waals surface area (Å²) in [6, 6.07) is 7.51. The first kappa shape index (κ1) is 9.12. The first-order valence-electron chi connectivity index (χ1n) is 4.51. The van der Waals surface area contributed by atoms with Crippen LogP contribution in [0, 0.1) is 0 Å². The van der Waals surface area contributed by atoms with Gasteiger partial charge in [-0.05, 0) is 23.1 Å². The van der Waals surface area contributed by atoms with Crippen LogP contribution in [0.15, 0.2) is 36.7 Å². The molecule has 1 aromatic heterocycles.